The molecule has 0 amide bonds. The van der Waals surface area contributed by atoms with Crippen molar-refractivity contribution in [1.29, 1.82) is 0 Å². The fourth-order valence-electron chi connectivity index (χ4n) is 1.70. The molecule has 3 heteroatoms. The molecule has 0 aliphatic heterocycles. The number of aromatic nitrogens is 2. The predicted molar refractivity (Wildman–Crippen MR) is 68.8 cm³/mol. The Bertz CT molecular complexity index is 665. The van der Waals surface area contributed by atoms with Gasteiger partial charge in [0.15, 0.2) is 5.15 Å². The number of para-hydroxylation sites is 2. The molecule has 0 N–H and O–H groups in total. The van der Waals surface area contributed by atoms with Crippen LogP contribution in [0, 0.1) is 6.07 Å². The first-order chi connectivity index (χ1) is 8.34. The molecule has 3 rings (SSSR count). The van der Waals surface area contributed by atoms with E-state index in [1.807, 2.05) is 48.5 Å². The molecule has 3 aromatic rings. The van der Waals surface area contributed by atoms with Gasteiger partial charge in [-0.1, -0.05) is 41.9 Å². The van der Waals surface area contributed by atoms with E-state index in [-0.39, 0.29) is 0 Å². The van der Waals surface area contributed by atoms with E-state index >= 15 is 0 Å². The Morgan fingerprint density at radius 3 is 2.41 bits per heavy atom. The van der Waals surface area contributed by atoms with E-state index in [4.69, 9.17) is 11.6 Å². The molecule has 0 bridgehead atoms. The molecule has 1 radical (unpaired) electrons. The van der Waals surface area contributed by atoms with Gasteiger partial charge in [0.2, 0.25) is 0 Å². The first-order valence-electron chi connectivity index (χ1n) is 5.23. The molecule has 17 heavy (non-hydrogen) atoms. The molecule has 0 spiro atoms. The van der Waals surface area contributed by atoms with E-state index < -0.39 is 0 Å². The third-order valence-corrected chi connectivity index (χ3v) is 2.77. The highest BCUT2D eigenvalue weighted by Crippen LogP contribution is 2.26. The van der Waals surface area contributed by atoms with Crippen molar-refractivity contribution in [3.05, 3.63) is 59.8 Å². The Morgan fingerprint density at radius 1 is 0.941 bits per heavy atom. The van der Waals surface area contributed by atoms with Crippen LogP contribution in [0.5, 0.6) is 0 Å². The zero-order valence-corrected chi connectivity index (χ0v) is 9.65. The van der Waals surface area contributed by atoms with Crippen molar-refractivity contribution in [3.8, 4) is 11.3 Å². The first-order valence-corrected chi connectivity index (χ1v) is 5.61. The second kappa shape index (κ2) is 4.15. The van der Waals surface area contributed by atoms with Crippen LogP contribution in [0.2, 0.25) is 5.15 Å². The van der Waals surface area contributed by atoms with Crippen molar-refractivity contribution >= 4 is 22.6 Å². The van der Waals surface area contributed by atoms with Gasteiger partial charge in [0, 0.05) is 5.56 Å². The maximum absolute atomic E-state index is 6.15. The van der Waals surface area contributed by atoms with Gasteiger partial charge >= 0.3 is 0 Å². The van der Waals surface area contributed by atoms with Crippen LogP contribution in [0.25, 0.3) is 22.3 Å². The van der Waals surface area contributed by atoms with Crippen LogP contribution in [-0.2, 0) is 0 Å². The van der Waals surface area contributed by atoms with Gasteiger partial charge in [-0.25, -0.2) is 9.97 Å². The van der Waals surface area contributed by atoms with Crippen LogP contribution in [0.15, 0.2) is 48.5 Å². The fraction of sp³-hybridized carbons (Fsp3) is 0. The van der Waals surface area contributed by atoms with Crippen molar-refractivity contribution in [1.82, 2.24) is 9.97 Å². The number of hydrogen-bond acceptors (Lipinski definition) is 2. The Morgan fingerprint density at radius 2 is 1.71 bits per heavy atom. The number of nitrogens with zero attached hydrogens (tertiary/aromatic N) is 2. The molecular weight excluding hydrogens is 232 g/mol. The number of benzene rings is 2. The fourth-order valence-corrected chi connectivity index (χ4v) is 1.95. The molecule has 0 saturated heterocycles. The largest absolute Gasteiger partial charge is 0.243 e. The summed E-state index contributed by atoms with van der Waals surface area (Å²) in [6, 6.07) is 18.2. The summed E-state index contributed by atoms with van der Waals surface area (Å²) in [6.45, 7) is 0. The summed E-state index contributed by atoms with van der Waals surface area (Å²) in [5.41, 5.74) is 3.27. The summed E-state index contributed by atoms with van der Waals surface area (Å²) in [4.78, 5) is 8.87. The Kier molecular flexibility index (Phi) is 2.50. The predicted octanol–water partition coefficient (Wildman–Crippen LogP) is 3.75. The summed E-state index contributed by atoms with van der Waals surface area (Å²) in [6.07, 6.45) is 0. The van der Waals surface area contributed by atoms with Crippen molar-refractivity contribution < 1.29 is 0 Å². The Balaban J connectivity index is 2.27. The summed E-state index contributed by atoms with van der Waals surface area (Å²) >= 11 is 6.15. The molecular formula is C14H8ClN2. The van der Waals surface area contributed by atoms with E-state index in [2.05, 4.69) is 16.0 Å². The molecule has 0 aliphatic carbocycles. The van der Waals surface area contributed by atoms with Gasteiger partial charge in [0.05, 0.1) is 11.0 Å². The molecule has 0 fully saturated rings. The van der Waals surface area contributed by atoms with E-state index in [0.29, 0.717) is 10.8 Å². The molecule has 81 valence electrons. The van der Waals surface area contributed by atoms with Crippen molar-refractivity contribution in [2.75, 3.05) is 0 Å². The van der Waals surface area contributed by atoms with Gasteiger partial charge in [-0.05, 0) is 24.3 Å². The standard InChI is InChI=1S/C14H8ClN2/c15-14-13(10-6-2-1-3-7-10)16-11-8-4-5-9-12(11)17-14/h1-2,4-9H. The van der Waals surface area contributed by atoms with Crippen LogP contribution in [0.4, 0.5) is 0 Å². The normalized spacial score (nSPS) is 10.6. The number of halogens is 1. The molecule has 1 heterocycles. The highest BCUT2D eigenvalue weighted by Gasteiger charge is 2.08. The molecule has 2 nitrogen and oxygen atoms in total. The molecule has 1 aromatic heterocycles. The van der Waals surface area contributed by atoms with Crippen LogP contribution >= 0.6 is 11.6 Å². The molecule has 0 atom stereocenters. The second-order valence-corrected chi connectivity index (χ2v) is 4.00. The molecule has 2 aromatic carbocycles. The smallest absolute Gasteiger partial charge is 0.156 e. The average Bonchev–Trinajstić information content (AvgIpc) is 2.39. The third kappa shape index (κ3) is 1.87. The lowest BCUT2D eigenvalue weighted by Crippen LogP contribution is -1.90. The molecule has 0 aliphatic rings. The molecule has 0 unspecified atom stereocenters. The number of rotatable bonds is 1. The maximum Gasteiger partial charge on any atom is 0.156 e. The number of fused-ring (bicyclic) bond motifs is 1. The highest BCUT2D eigenvalue weighted by atomic mass is 35.5. The summed E-state index contributed by atoms with van der Waals surface area (Å²) in [5.74, 6) is 0. The van der Waals surface area contributed by atoms with Gasteiger partial charge in [-0.15, -0.1) is 0 Å². The number of hydrogen-bond donors (Lipinski definition) is 0. The first kappa shape index (κ1) is 10.2. The maximum atomic E-state index is 6.15. The van der Waals surface area contributed by atoms with Crippen LogP contribution < -0.4 is 0 Å². The highest BCUT2D eigenvalue weighted by molar-refractivity contribution is 6.32. The van der Waals surface area contributed by atoms with Crippen molar-refractivity contribution in [2.24, 2.45) is 0 Å². The SMILES string of the molecule is Clc1nc2ccccc2nc1-c1c[c]ccc1. The third-order valence-electron chi connectivity index (χ3n) is 2.51. The summed E-state index contributed by atoms with van der Waals surface area (Å²) in [5, 5.41) is 0.420. The van der Waals surface area contributed by atoms with Gasteiger partial charge < -0.3 is 0 Å². The van der Waals surface area contributed by atoms with Gasteiger partial charge in [-0.2, -0.15) is 0 Å². The van der Waals surface area contributed by atoms with E-state index in [0.717, 1.165) is 16.6 Å². The van der Waals surface area contributed by atoms with Crippen molar-refractivity contribution in [3.63, 3.8) is 0 Å². The van der Waals surface area contributed by atoms with Crippen LogP contribution in [0.1, 0.15) is 0 Å². The zero-order valence-electron chi connectivity index (χ0n) is 8.89. The van der Waals surface area contributed by atoms with E-state index in [9.17, 15) is 0 Å². The second-order valence-electron chi connectivity index (χ2n) is 3.64. The monoisotopic (exact) mass is 239 g/mol. The lowest BCUT2D eigenvalue weighted by molar-refractivity contribution is 1.29. The summed E-state index contributed by atoms with van der Waals surface area (Å²) in [7, 11) is 0. The van der Waals surface area contributed by atoms with Crippen LogP contribution in [-0.4, -0.2) is 9.97 Å². The minimum atomic E-state index is 0.420. The average molecular weight is 240 g/mol. The minimum absolute atomic E-state index is 0.420. The summed E-state index contributed by atoms with van der Waals surface area (Å²) < 4.78 is 0. The van der Waals surface area contributed by atoms with E-state index in [1.165, 1.54) is 0 Å². The Hall–Kier alpha value is -1.93. The van der Waals surface area contributed by atoms with Gasteiger partial charge in [0.1, 0.15) is 5.69 Å². The lowest BCUT2D eigenvalue weighted by Gasteiger charge is -2.04. The zero-order chi connectivity index (χ0) is 11.7. The quantitative estimate of drug-likeness (QED) is 0.646. The minimum Gasteiger partial charge on any atom is -0.243 e. The van der Waals surface area contributed by atoms with Crippen LogP contribution in [0.3, 0.4) is 0 Å². The Labute approximate surface area is 104 Å². The van der Waals surface area contributed by atoms with Crippen molar-refractivity contribution in [2.45, 2.75) is 0 Å². The molecule has 0 saturated carbocycles. The topological polar surface area (TPSA) is 25.8 Å². The lowest BCUT2D eigenvalue weighted by atomic mass is 10.1. The van der Waals surface area contributed by atoms with Gasteiger partial charge in [-0.3, -0.25) is 0 Å². The van der Waals surface area contributed by atoms with Gasteiger partial charge in [0.25, 0.3) is 0 Å². The van der Waals surface area contributed by atoms with E-state index in [1.54, 1.807) is 0 Å².